The topological polar surface area (TPSA) is 101 Å². The molecule has 3 aliphatic rings. The lowest BCUT2D eigenvalue weighted by atomic mass is 10.1. The third kappa shape index (κ3) is 4.35. The fraction of sp³-hybridized carbons (Fsp3) is 0.429. The fourth-order valence-electron chi connectivity index (χ4n) is 3.67. The van der Waals surface area contributed by atoms with Crippen LogP contribution >= 0.6 is 0 Å². The number of aliphatic imine (C=N–C) groups is 1. The SMILES string of the molecule is CC(=O)c1cc2c(cc1NC(=O)CN1CCN(C(=O)C3=CC=NC3)CC1)OCCO2. The highest BCUT2D eigenvalue weighted by molar-refractivity contribution is 6.05. The number of rotatable bonds is 5. The van der Waals surface area contributed by atoms with E-state index in [0.29, 0.717) is 74.3 Å². The molecule has 0 unspecified atom stereocenters. The Balaban J connectivity index is 1.34. The van der Waals surface area contributed by atoms with Crippen LogP contribution in [-0.4, -0.2) is 86.1 Å². The van der Waals surface area contributed by atoms with E-state index in [1.165, 1.54) is 6.92 Å². The van der Waals surface area contributed by atoms with Gasteiger partial charge in [-0.2, -0.15) is 0 Å². The van der Waals surface area contributed by atoms with Crippen molar-refractivity contribution in [3.63, 3.8) is 0 Å². The van der Waals surface area contributed by atoms with Crippen LogP contribution in [0.5, 0.6) is 11.5 Å². The summed E-state index contributed by atoms with van der Waals surface area (Å²) >= 11 is 0. The second-order valence-electron chi connectivity index (χ2n) is 7.40. The Labute approximate surface area is 174 Å². The maximum Gasteiger partial charge on any atom is 0.251 e. The van der Waals surface area contributed by atoms with Gasteiger partial charge in [-0.25, -0.2) is 0 Å². The van der Waals surface area contributed by atoms with E-state index in [9.17, 15) is 14.4 Å². The van der Waals surface area contributed by atoms with Gasteiger partial charge >= 0.3 is 0 Å². The standard InChI is InChI=1S/C21H24N4O5/c1-14(26)16-10-18-19(30-9-8-29-18)11-17(16)23-20(27)13-24-4-6-25(7-5-24)21(28)15-2-3-22-12-15/h2-3,10-11H,4-9,12-13H2,1H3,(H,23,27). The predicted molar refractivity (Wildman–Crippen MR) is 111 cm³/mol. The van der Waals surface area contributed by atoms with Crippen molar-refractivity contribution in [1.82, 2.24) is 9.80 Å². The summed E-state index contributed by atoms with van der Waals surface area (Å²) in [5.74, 6) is 0.645. The summed E-state index contributed by atoms with van der Waals surface area (Å²) in [6.45, 7) is 5.25. The number of fused-ring (bicyclic) bond motifs is 1. The van der Waals surface area contributed by atoms with Crippen molar-refractivity contribution >= 4 is 29.5 Å². The van der Waals surface area contributed by atoms with Crippen LogP contribution in [0.3, 0.4) is 0 Å². The predicted octanol–water partition coefficient (Wildman–Crippen LogP) is 0.754. The lowest BCUT2D eigenvalue weighted by Crippen LogP contribution is -2.50. The average Bonchev–Trinajstić information content (AvgIpc) is 3.28. The molecule has 3 aliphatic heterocycles. The number of hydrogen-bond acceptors (Lipinski definition) is 7. The Morgan fingerprint density at radius 2 is 1.77 bits per heavy atom. The van der Waals surface area contributed by atoms with Crippen molar-refractivity contribution in [2.75, 3.05) is 57.8 Å². The van der Waals surface area contributed by atoms with Crippen LogP contribution in [0.15, 0.2) is 28.8 Å². The number of hydrogen-bond donors (Lipinski definition) is 1. The summed E-state index contributed by atoms with van der Waals surface area (Å²) in [6.07, 6.45) is 3.41. The Morgan fingerprint density at radius 3 is 2.40 bits per heavy atom. The number of allylic oxidation sites excluding steroid dienone is 1. The lowest BCUT2D eigenvalue weighted by molar-refractivity contribution is -0.129. The van der Waals surface area contributed by atoms with Gasteiger partial charge < -0.3 is 19.7 Å². The average molecular weight is 412 g/mol. The monoisotopic (exact) mass is 412 g/mol. The Kier molecular flexibility index (Phi) is 5.80. The summed E-state index contributed by atoms with van der Waals surface area (Å²) in [4.78, 5) is 44.9. The van der Waals surface area contributed by atoms with E-state index < -0.39 is 0 Å². The third-order valence-corrected chi connectivity index (χ3v) is 5.28. The molecule has 1 N–H and O–H groups in total. The largest absolute Gasteiger partial charge is 0.486 e. The third-order valence-electron chi connectivity index (χ3n) is 5.28. The maximum atomic E-state index is 12.6. The van der Waals surface area contributed by atoms with Gasteiger partial charge in [0.2, 0.25) is 5.91 Å². The van der Waals surface area contributed by atoms with Crippen molar-refractivity contribution in [1.29, 1.82) is 0 Å². The number of amides is 2. The van der Waals surface area contributed by atoms with Crippen LogP contribution in [-0.2, 0) is 9.59 Å². The molecular weight excluding hydrogens is 388 g/mol. The van der Waals surface area contributed by atoms with Crippen molar-refractivity contribution in [2.45, 2.75) is 6.92 Å². The molecule has 0 aliphatic carbocycles. The number of nitrogens with zero attached hydrogens (tertiary/aromatic N) is 3. The zero-order chi connectivity index (χ0) is 21.1. The summed E-state index contributed by atoms with van der Waals surface area (Å²) < 4.78 is 11.1. The van der Waals surface area contributed by atoms with Crippen LogP contribution in [0, 0.1) is 0 Å². The van der Waals surface area contributed by atoms with Gasteiger partial charge in [-0.3, -0.25) is 24.3 Å². The van der Waals surface area contributed by atoms with E-state index in [4.69, 9.17) is 9.47 Å². The zero-order valence-corrected chi connectivity index (χ0v) is 16.8. The molecule has 1 fully saturated rings. The number of piperazine rings is 1. The van der Waals surface area contributed by atoms with Crippen LogP contribution in [0.2, 0.25) is 0 Å². The lowest BCUT2D eigenvalue weighted by Gasteiger charge is -2.34. The molecule has 3 heterocycles. The molecule has 0 aromatic heterocycles. The molecule has 9 heteroatoms. The zero-order valence-electron chi connectivity index (χ0n) is 16.8. The van der Waals surface area contributed by atoms with Crippen LogP contribution in [0.4, 0.5) is 5.69 Å². The number of carbonyl (C=O) groups excluding carboxylic acids is 3. The molecule has 1 aromatic rings. The van der Waals surface area contributed by atoms with Gasteiger partial charge in [-0.05, 0) is 19.1 Å². The molecule has 0 saturated carbocycles. The molecule has 30 heavy (non-hydrogen) atoms. The first-order chi connectivity index (χ1) is 14.5. The molecular formula is C21H24N4O5. The normalized spacial score (nSPS) is 18.2. The Hall–Kier alpha value is -3.20. The van der Waals surface area contributed by atoms with Crippen LogP contribution in [0.25, 0.3) is 0 Å². The number of Topliss-reactive ketones (excluding diaryl/α,β-unsaturated/α-hetero) is 1. The quantitative estimate of drug-likeness (QED) is 0.717. The number of carbonyl (C=O) groups is 3. The molecule has 4 rings (SSSR count). The molecule has 0 radical (unpaired) electrons. The maximum absolute atomic E-state index is 12.6. The number of ketones is 1. The minimum Gasteiger partial charge on any atom is -0.486 e. The highest BCUT2D eigenvalue weighted by Crippen LogP contribution is 2.35. The molecule has 158 valence electrons. The second-order valence-corrected chi connectivity index (χ2v) is 7.40. The smallest absolute Gasteiger partial charge is 0.251 e. The molecule has 1 saturated heterocycles. The summed E-state index contributed by atoms with van der Waals surface area (Å²) in [5, 5.41) is 2.82. The molecule has 1 aromatic carbocycles. The van der Waals surface area contributed by atoms with E-state index in [1.54, 1.807) is 29.3 Å². The number of ether oxygens (including phenoxy) is 2. The highest BCUT2D eigenvalue weighted by atomic mass is 16.6. The molecule has 0 atom stereocenters. The molecule has 9 nitrogen and oxygen atoms in total. The Bertz CT molecular complexity index is 932. The molecule has 0 spiro atoms. The van der Waals surface area contributed by atoms with Gasteiger partial charge in [-0.1, -0.05) is 0 Å². The van der Waals surface area contributed by atoms with Gasteiger partial charge in [-0.15, -0.1) is 0 Å². The van der Waals surface area contributed by atoms with Gasteiger partial charge in [0.15, 0.2) is 17.3 Å². The summed E-state index contributed by atoms with van der Waals surface area (Å²) in [6, 6.07) is 3.25. The first-order valence-electron chi connectivity index (χ1n) is 9.96. The van der Waals surface area contributed by atoms with E-state index >= 15 is 0 Å². The van der Waals surface area contributed by atoms with Crippen LogP contribution in [0.1, 0.15) is 17.3 Å². The highest BCUT2D eigenvalue weighted by Gasteiger charge is 2.25. The van der Waals surface area contributed by atoms with Gasteiger partial charge in [0.1, 0.15) is 13.2 Å². The van der Waals surface area contributed by atoms with Gasteiger partial charge in [0.05, 0.1) is 18.8 Å². The Morgan fingerprint density at radius 1 is 1.07 bits per heavy atom. The van der Waals surface area contributed by atoms with Gasteiger partial charge in [0.25, 0.3) is 5.91 Å². The van der Waals surface area contributed by atoms with E-state index in [2.05, 4.69) is 10.3 Å². The van der Waals surface area contributed by atoms with Gasteiger partial charge in [0, 0.05) is 49.6 Å². The first-order valence-corrected chi connectivity index (χ1v) is 9.96. The fourth-order valence-corrected chi connectivity index (χ4v) is 3.67. The number of nitrogens with one attached hydrogen (secondary N) is 1. The molecule has 0 bridgehead atoms. The van der Waals surface area contributed by atoms with E-state index in [-0.39, 0.29) is 24.1 Å². The number of anilines is 1. The summed E-state index contributed by atoms with van der Waals surface area (Å²) in [7, 11) is 0. The van der Waals surface area contributed by atoms with Crippen LogP contribution < -0.4 is 14.8 Å². The minimum absolute atomic E-state index is 0.0129. The molecule has 2 amide bonds. The van der Waals surface area contributed by atoms with Crippen molar-refractivity contribution < 1.29 is 23.9 Å². The van der Waals surface area contributed by atoms with E-state index in [0.717, 1.165) is 0 Å². The first kappa shape index (κ1) is 20.1. The van der Waals surface area contributed by atoms with Crippen molar-refractivity contribution in [3.8, 4) is 11.5 Å². The minimum atomic E-state index is -0.221. The van der Waals surface area contributed by atoms with E-state index in [1.807, 2.05) is 4.90 Å². The second kappa shape index (κ2) is 8.66. The number of benzene rings is 1. The van der Waals surface area contributed by atoms with Crippen molar-refractivity contribution in [3.05, 3.63) is 29.3 Å². The summed E-state index contributed by atoms with van der Waals surface area (Å²) in [5.41, 5.74) is 1.50. The van der Waals surface area contributed by atoms with Crippen molar-refractivity contribution in [2.24, 2.45) is 4.99 Å².